The minimum absolute atomic E-state index is 0.167. The van der Waals surface area contributed by atoms with E-state index in [9.17, 15) is 4.79 Å². The summed E-state index contributed by atoms with van der Waals surface area (Å²) < 4.78 is 0. The number of anilines is 2. The molecule has 0 spiro atoms. The van der Waals surface area contributed by atoms with E-state index in [2.05, 4.69) is 15.3 Å². The lowest BCUT2D eigenvalue weighted by Crippen LogP contribution is -2.02. The van der Waals surface area contributed by atoms with Crippen molar-refractivity contribution >= 4 is 40.7 Å². The number of carbonyl (C=O) groups excluding carboxylic acids is 1. The van der Waals surface area contributed by atoms with Crippen LogP contribution in [-0.4, -0.2) is 16.3 Å². The maximum Gasteiger partial charge on any atom is 0.156 e. The second-order valence-electron chi connectivity index (χ2n) is 3.08. The summed E-state index contributed by atoms with van der Waals surface area (Å²) in [5, 5.41) is 7.04. The molecule has 0 aliphatic heterocycles. The fraction of sp³-hybridized carbons (Fsp3) is 0.100. The molecule has 2 heterocycles. The number of thiophene rings is 1. The van der Waals surface area contributed by atoms with E-state index in [4.69, 9.17) is 11.6 Å². The molecule has 0 radical (unpaired) electrons. The number of aromatic nitrogens is 2. The zero-order chi connectivity index (χ0) is 11.5. The van der Waals surface area contributed by atoms with Crippen molar-refractivity contribution in [2.75, 3.05) is 5.32 Å². The van der Waals surface area contributed by atoms with Crippen LogP contribution in [0.3, 0.4) is 0 Å². The number of aldehydes is 1. The first-order valence-corrected chi connectivity index (χ1v) is 5.81. The Morgan fingerprint density at radius 2 is 2.31 bits per heavy atom. The number of aryl methyl sites for hydroxylation is 1. The first kappa shape index (κ1) is 11.0. The number of hydrogen-bond donors (Lipinski definition) is 1. The number of rotatable bonds is 3. The predicted octanol–water partition coefficient (Wildman–Crippen LogP) is 3.06. The summed E-state index contributed by atoms with van der Waals surface area (Å²) >= 11 is 7.41. The first-order valence-electron chi connectivity index (χ1n) is 4.49. The molecule has 4 nitrogen and oxygen atoms in total. The van der Waals surface area contributed by atoms with Crippen LogP contribution < -0.4 is 5.32 Å². The second kappa shape index (κ2) is 4.59. The van der Waals surface area contributed by atoms with Gasteiger partial charge in [-0.15, -0.1) is 0 Å². The van der Waals surface area contributed by atoms with Gasteiger partial charge in [-0.05, 0) is 18.4 Å². The summed E-state index contributed by atoms with van der Waals surface area (Å²) in [7, 11) is 0. The van der Waals surface area contributed by atoms with Crippen molar-refractivity contribution in [2.45, 2.75) is 6.92 Å². The highest BCUT2D eigenvalue weighted by molar-refractivity contribution is 7.08. The molecule has 0 aliphatic rings. The molecule has 0 aromatic carbocycles. The van der Waals surface area contributed by atoms with Gasteiger partial charge in [-0.1, -0.05) is 11.6 Å². The highest BCUT2D eigenvalue weighted by Gasteiger charge is 2.11. The van der Waals surface area contributed by atoms with E-state index in [1.54, 1.807) is 18.3 Å². The lowest BCUT2D eigenvalue weighted by Gasteiger charge is -2.07. The van der Waals surface area contributed by atoms with Crippen molar-refractivity contribution in [1.82, 2.24) is 9.97 Å². The molecule has 16 heavy (non-hydrogen) atoms. The average molecular weight is 254 g/mol. The molecule has 0 unspecified atom stereocenters. The van der Waals surface area contributed by atoms with Crippen LogP contribution in [0.15, 0.2) is 16.8 Å². The molecule has 2 aromatic heterocycles. The molecule has 2 aromatic rings. The van der Waals surface area contributed by atoms with E-state index in [1.165, 1.54) is 0 Å². The third-order valence-corrected chi connectivity index (χ3v) is 2.88. The molecule has 0 atom stereocenters. The Balaban J connectivity index is 2.43. The average Bonchev–Trinajstić information content (AvgIpc) is 2.70. The quantitative estimate of drug-likeness (QED) is 0.675. The molecule has 1 N–H and O–H groups in total. The van der Waals surface area contributed by atoms with Crippen LogP contribution in [0, 0.1) is 6.92 Å². The summed E-state index contributed by atoms with van der Waals surface area (Å²) in [6, 6.07) is 1.89. The molecule has 0 bridgehead atoms. The van der Waals surface area contributed by atoms with Crippen LogP contribution in [-0.2, 0) is 0 Å². The summed E-state index contributed by atoms with van der Waals surface area (Å²) in [6.45, 7) is 1.72. The monoisotopic (exact) mass is 253 g/mol. The normalized spacial score (nSPS) is 10.1. The van der Waals surface area contributed by atoms with Crippen LogP contribution in [0.4, 0.5) is 11.5 Å². The van der Waals surface area contributed by atoms with Crippen molar-refractivity contribution in [1.29, 1.82) is 0 Å². The maximum atomic E-state index is 10.9. The van der Waals surface area contributed by atoms with Gasteiger partial charge in [0.1, 0.15) is 16.8 Å². The van der Waals surface area contributed by atoms with Crippen LogP contribution >= 0.6 is 22.9 Å². The molecule has 6 heteroatoms. The summed E-state index contributed by atoms with van der Waals surface area (Å²) in [4.78, 5) is 19.0. The fourth-order valence-corrected chi connectivity index (χ4v) is 2.06. The molecule has 2 rings (SSSR count). The number of halogens is 1. The van der Waals surface area contributed by atoms with Crippen LogP contribution in [0.1, 0.15) is 16.2 Å². The molecule has 0 aliphatic carbocycles. The Morgan fingerprint density at radius 1 is 1.50 bits per heavy atom. The number of nitrogens with zero attached hydrogens (tertiary/aromatic N) is 2. The Morgan fingerprint density at radius 3 is 2.94 bits per heavy atom. The topological polar surface area (TPSA) is 54.9 Å². The molecule has 0 saturated heterocycles. The Kier molecular flexibility index (Phi) is 3.17. The zero-order valence-corrected chi connectivity index (χ0v) is 9.97. The van der Waals surface area contributed by atoms with Gasteiger partial charge in [-0.3, -0.25) is 4.79 Å². The third-order valence-electron chi connectivity index (χ3n) is 1.91. The van der Waals surface area contributed by atoms with Crippen LogP contribution in [0.25, 0.3) is 0 Å². The summed E-state index contributed by atoms with van der Waals surface area (Å²) in [6.07, 6.45) is 0.649. The standard InChI is InChI=1S/C10H8ClN3OS/c1-6-12-9(11)8(4-15)10(13-6)14-7-2-3-16-5-7/h2-5H,1H3,(H,12,13,14). The number of hydrogen-bond acceptors (Lipinski definition) is 5. The molecular weight excluding hydrogens is 246 g/mol. The molecule has 0 amide bonds. The van der Waals surface area contributed by atoms with Gasteiger partial charge in [0, 0.05) is 5.38 Å². The number of nitrogens with one attached hydrogen (secondary N) is 1. The van der Waals surface area contributed by atoms with Crippen molar-refractivity contribution in [3.05, 3.63) is 33.4 Å². The van der Waals surface area contributed by atoms with E-state index in [0.29, 0.717) is 17.9 Å². The highest BCUT2D eigenvalue weighted by atomic mass is 35.5. The van der Waals surface area contributed by atoms with Gasteiger partial charge in [-0.25, -0.2) is 9.97 Å². The first-order chi connectivity index (χ1) is 7.70. The van der Waals surface area contributed by atoms with Crippen LogP contribution in [0.2, 0.25) is 5.15 Å². The minimum atomic E-state index is 0.167. The van der Waals surface area contributed by atoms with Crippen molar-refractivity contribution in [3.8, 4) is 0 Å². The Labute approximate surface area is 101 Å². The summed E-state index contributed by atoms with van der Waals surface area (Å²) in [5.74, 6) is 0.958. The van der Waals surface area contributed by atoms with Gasteiger partial charge < -0.3 is 5.32 Å². The van der Waals surface area contributed by atoms with Crippen LogP contribution in [0.5, 0.6) is 0 Å². The lowest BCUT2D eigenvalue weighted by atomic mass is 10.3. The van der Waals surface area contributed by atoms with E-state index in [1.807, 2.05) is 16.8 Å². The zero-order valence-electron chi connectivity index (χ0n) is 8.40. The van der Waals surface area contributed by atoms with Gasteiger partial charge in [0.2, 0.25) is 0 Å². The SMILES string of the molecule is Cc1nc(Cl)c(C=O)c(Nc2ccsc2)n1. The van der Waals surface area contributed by atoms with Gasteiger partial charge in [0.25, 0.3) is 0 Å². The smallest absolute Gasteiger partial charge is 0.156 e. The van der Waals surface area contributed by atoms with Gasteiger partial charge in [-0.2, -0.15) is 11.3 Å². The van der Waals surface area contributed by atoms with Crippen molar-refractivity contribution < 1.29 is 4.79 Å². The van der Waals surface area contributed by atoms with Gasteiger partial charge in [0.05, 0.1) is 11.3 Å². The van der Waals surface area contributed by atoms with E-state index in [0.717, 1.165) is 5.69 Å². The second-order valence-corrected chi connectivity index (χ2v) is 4.22. The van der Waals surface area contributed by atoms with E-state index < -0.39 is 0 Å². The van der Waals surface area contributed by atoms with Crippen molar-refractivity contribution in [2.24, 2.45) is 0 Å². The fourth-order valence-electron chi connectivity index (χ4n) is 1.22. The molecular formula is C10H8ClN3OS. The number of carbonyl (C=O) groups is 1. The predicted molar refractivity (Wildman–Crippen MR) is 64.8 cm³/mol. The Hall–Kier alpha value is -1.46. The van der Waals surface area contributed by atoms with E-state index >= 15 is 0 Å². The van der Waals surface area contributed by atoms with Crippen molar-refractivity contribution in [3.63, 3.8) is 0 Å². The van der Waals surface area contributed by atoms with Gasteiger partial charge >= 0.3 is 0 Å². The molecule has 82 valence electrons. The van der Waals surface area contributed by atoms with E-state index in [-0.39, 0.29) is 10.7 Å². The molecule has 0 fully saturated rings. The maximum absolute atomic E-state index is 10.9. The Bertz CT molecular complexity index is 513. The molecule has 0 saturated carbocycles. The minimum Gasteiger partial charge on any atom is -0.339 e. The third kappa shape index (κ3) is 2.20. The summed E-state index contributed by atoms with van der Waals surface area (Å²) in [5.41, 5.74) is 1.15. The van der Waals surface area contributed by atoms with Gasteiger partial charge in [0.15, 0.2) is 6.29 Å². The lowest BCUT2D eigenvalue weighted by molar-refractivity contribution is 0.112. The largest absolute Gasteiger partial charge is 0.339 e. The highest BCUT2D eigenvalue weighted by Crippen LogP contribution is 2.23.